The van der Waals surface area contributed by atoms with Crippen molar-refractivity contribution >= 4 is 17.1 Å². The van der Waals surface area contributed by atoms with E-state index in [1.807, 2.05) is 24.3 Å². The van der Waals surface area contributed by atoms with Gasteiger partial charge in [0, 0.05) is 11.6 Å². The molecular formula is C21H27N5O3. The van der Waals surface area contributed by atoms with Gasteiger partial charge in [-0.05, 0) is 25.5 Å². The van der Waals surface area contributed by atoms with E-state index in [2.05, 4.69) is 29.1 Å². The predicted molar refractivity (Wildman–Crippen MR) is 113 cm³/mol. The van der Waals surface area contributed by atoms with E-state index in [9.17, 15) is 4.79 Å². The summed E-state index contributed by atoms with van der Waals surface area (Å²) in [5.41, 5.74) is 1.99. The van der Waals surface area contributed by atoms with Crippen molar-refractivity contribution in [1.29, 1.82) is 0 Å². The molecule has 0 aliphatic heterocycles. The molecule has 1 unspecified atom stereocenters. The molecule has 1 aromatic carbocycles. The summed E-state index contributed by atoms with van der Waals surface area (Å²) < 4.78 is 13.7. The summed E-state index contributed by atoms with van der Waals surface area (Å²) in [6.07, 6.45) is 5.97. The van der Waals surface area contributed by atoms with Gasteiger partial charge in [0.2, 0.25) is 5.95 Å². The Bertz CT molecular complexity index is 1050. The second-order valence-electron chi connectivity index (χ2n) is 6.75. The molecule has 0 saturated heterocycles. The third-order valence-electron chi connectivity index (χ3n) is 4.79. The molecule has 154 valence electrons. The molecule has 1 atom stereocenters. The maximum Gasteiger partial charge on any atom is 0.330 e. The topological polar surface area (TPSA) is 83.2 Å². The zero-order valence-corrected chi connectivity index (χ0v) is 17.3. The van der Waals surface area contributed by atoms with E-state index >= 15 is 0 Å². The Labute approximate surface area is 169 Å². The van der Waals surface area contributed by atoms with Crippen LogP contribution >= 0.6 is 0 Å². The number of nitrogens with zero attached hydrogens (tertiary/aromatic N) is 4. The van der Waals surface area contributed by atoms with E-state index in [1.165, 1.54) is 0 Å². The van der Waals surface area contributed by atoms with Crippen LogP contribution in [0.4, 0.5) is 5.95 Å². The van der Waals surface area contributed by atoms with Gasteiger partial charge in [0.1, 0.15) is 11.3 Å². The monoisotopic (exact) mass is 397 g/mol. The van der Waals surface area contributed by atoms with Crippen LogP contribution in [0.25, 0.3) is 11.2 Å². The lowest BCUT2D eigenvalue weighted by Gasteiger charge is -2.11. The van der Waals surface area contributed by atoms with Crippen LogP contribution in [0.3, 0.4) is 0 Å². The van der Waals surface area contributed by atoms with Crippen LogP contribution in [0, 0.1) is 0 Å². The molecule has 0 aliphatic rings. The third kappa shape index (κ3) is 4.42. The number of allylic oxidation sites excluding steroid dienone is 1. The maximum absolute atomic E-state index is 13.2. The van der Waals surface area contributed by atoms with Crippen LogP contribution in [0.2, 0.25) is 0 Å². The molecule has 3 aromatic rings. The number of hydrogen-bond donors (Lipinski definition) is 1. The Balaban J connectivity index is 2.10. The molecule has 8 heteroatoms. The first-order valence-corrected chi connectivity index (χ1v) is 9.61. The average molecular weight is 397 g/mol. The smallest absolute Gasteiger partial charge is 0.330 e. The van der Waals surface area contributed by atoms with Gasteiger partial charge >= 0.3 is 5.69 Å². The van der Waals surface area contributed by atoms with Crippen molar-refractivity contribution < 1.29 is 9.47 Å². The quantitative estimate of drug-likeness (QED) is 0.559. The highest BCUT2D eigenvalue weighted by Crippen LogP contribution is 2.20. The molecule has 0 spiro atoms. The second-order valence-corrected chi connectivity index (χ2v) is 6.75. The van der Waals surface area contributed by atoms with Gasteiger partial charge in [-0.25, -0.2) is 9.78 Å². The average Bonchev–Trinajstić information content (AvgIpc) is 2.99. The summed E-state index contributed by atoms with van der Waals surface area (Å²) in [5, 5.41) is 3.27. The van der Waals surface area contributed by atoms with E-state index in [4.69, 9.17) is 9.47 Å². The van der Waals surface area contributed by atoms with Crippen molar-refractivity contribution in [3.05, 3.63) is 58.8 Å². The lowest BCUT2D eigenvalue weighted by atomic mass is 10.2. The summed E-state index contributed by atoms with van der Waals surface area (Å²) in [7, 11) is 3.19. The van der Waals surface area contributed by atoms with Crippen molar-refractivity contribution in [1.82, 2.24) is 19.1 Å². The van der Waals surface area contributed by atoms with Crippen molar-refractivity contribution in [2.75, 3.05) is 19.5 Å². The van der Waals surface area contributed by atoms with Gasteiger partial charge in [-0.15, -0.1) is 0 Å². The number of benzene rings is 1. The lowest BCUT2D eigenvalue weighted by Crippen LogP contribution is -2.24. The second kappa shape index (κ2) is 9.27. The summed E-state index contributed by atoms with van der Waals surface area (Å²) >= 11 is 0. The Morgan fingerprint density at radius 3 is 2.76 bits per heavy atom. The van der Waals surface area contributed by atoms with Crippen molar-refractivity contribution in [2.45, 2.75) is 39.4 Å². The van der Waals surface area contributed by atoms with Crippen molar-refractivity contribution in [3.8, 4) is 5.75 Å². The van der Waals surface area contributed by atoms with Gasteiger partial charge in [0.05, 0.1) is 39.8 Å². The largest absolute Gasteiger partial charge is 0.505 e. The summed E-state index contributed by atoms with van der Waals surface area (Å²) in [6, 6.07) is 7.88. The fraction of sp³-hybridized carbons (Fsp3) is 0.381. The van der Waals surface area contributed by atoms with Gasteiger partial charge < -0.3 is 14.8 Å². The summed E-state index contributed by atoms with van der Waals surface area (Å²) in [4.78, 5) is 22.2. The number of fused-ring (bicyclic) bond motifs is 1. The minimum Gasteiger partial charge on any atom is -0.505 e. The van der Waals surface area contributed by atoms with Crippen molar-refractivity contribution in [3.63, 3.8) is 0 Å². The Hall–Kier alpha value is -3.29. The van der Waals surface area contributed by atoms with E-state index in [0.717, 1.165) is 17.7 Å². The highest BCUT2D eigenvalue weighted by atomic mass is 16.5. The van der Waals surface area contributed by atoms with Crippen LogP contribution in [-0.4, -0.2) is 39.4 Å². The van der Waals surface area contributed by atoms with Gasteiger partial charge in [-0.2, -0.15) is 4.98 Å². The number of hydrogen-bond acceptors (Lipinski definition) is 6. The standard InChI is InChI=1S/C21H27N5O3/c1-5-15(2)23-20-22-13-17-19(24-20)25(11-8-12-28-3)21(27)26(17)14-16-9-6-7-10-18(16)29-4/h6-10,12-13,15H,5,11,14H2,1-4H3,(H,22,23,24)/b12-8+. The molecule has 3 rings (SSSR count). The molecule has 0 saturated carbocycles. The predicted octanol–water partition coefficient (Wildman–Crippen LogP) is 3.02. The lowest BCUT2D eigenvalue weighted by molar-refractivity contribution is 0.336. The van der Waals surface area contributed by atoms with Crippen LogP contribution in [0.1, 0.15) is 25.8 Å². The Morgan fingerprint density at radius 1 is 1.24 bits per heavy atom. The normalized spacial score (nSPS) is 12.4. The number of anilines is 1. The number of ether oxygens (including phenoxy) is 2. The van der Waals surface area contributed by atoms with E-state index in [0.29, 0.717) is 30.2 Å². The SMILES string of the molecule is CCC(C)Nc1ncc2c(n1)n(C/C=C/OC)c(=O)n2Cc1ccccc1OC. The molecule has 29 heavy (non-hydrogen) atoms. The minimum absolute atomic E-state index is 0.165. The van der Waals surface area contributed by atoms with E-state index in [-0.39, 0.29) is 11.7 Å². The number of methoxy groups -OCH3 is 2. The van der Waals surface area contributed by atoms with E-state index < -0.39 is 0 Å². The number of imidazole rings is 1. The first-order valence-electron chi connectivity index (χ1n) is 9.61. The summed E-state index contributed by atoms with van der Waals surface area (Å²) in [6.45, 7) is 4.87. The van der Waals surface area contributed by atoms with Crippen LogP contribution < -0.4 is 15.7 Å². The number of aromatic nitrogens is 4. The molecule has 8 nitrogen and oxygen atoms in total. The van der Waals surface area contributed by atoms with Crippen LogP contribution in [0.5, 0.6) is 5.75 Å². The molecule has 1 N–H and O–H groups in total. The molecule has 0 fully saturated rings. The molecule has 0 amide bonds. The highest BCUT2D eigenvalue weighted by Gasteiger charge is 2.17. The van der Waals surface area contributed by atoms with Gasteiger partial charge in [-0.1, -0.05) is 25.1 Å². The van der Waals surface area contributed by atoms with Crippen molar-refractivity contribution in [2.24, 2.45) is 0 Å². The summed E-state index contributed by atoms with van der Waals surface area (Å²) in [5.74, 6) is 1.24. The fourth-order valence-electron chi connectivity index (χ4n) is 3.05. The van der Waals surface area contributed by atoms with Crippen LogP contribution in [-0.2, 0) is 17.8 Å². The first-order chi connectivity index (χ1) is 14.1. The molecular weight excluding hydrogens is 370 g/mol. The first kappa shape index (κ1) is 20.4. The molecule has 0 aliphatic carbocycles. The molecule has 2 heterocycles. The molecule has 0 bridgehead atoms. The highest BCUT2D eigenvalue weighted by molar-refractivity contribution is 5.72. The zero-order valence-electron chi connectivity index (χ0n) is 17.3. The number of rotatable bonds is 9. The Kier molecular flexibility index (Phi) is 6.54. The van der Waals surface area contributed by atoms with Gasteiger partial charge in [0.25, 0.3) is 0 Å². The molecule has 2 aromatic heterocycles. The zero-order chi connectivity index (χ0) is 20.8. The van der Waals surface area contributed by atoms with Crippen LogP contribution in [0.15, 0.2) is 47.6 Å². The molecule has 0 radical (unpaired) electrons. The Morgan fingerprint density at radius 2 is 2.03 bits per heavy atom. The maximum atomic E-state index is 13.2. The van der Waals surface area contributed by atoms with Gasteiger partial charge in [-0.3, -0.25) is 9.13 Å². The fourth-order valence-corrected chi connectivity index (χ4v) is 3.05. The minimum atomic E-state index is -0.165. The number of para-hydroxylation sites is 1. The van der Waals surface area contributed by atoms with Gasteiger partial charge in [0.15, 0.2) is 5.65 Å². The third-order valence-corrected chi connectivity index (χ3v) is 4.79. The number of nitrogens with one attached hydrogen (secondary N) is 1. The van der Waals surface area contributed by atoms with E-state index in [1.54, 1.807) is 41.9 Å².